The van der Waals surface area contributed by atoms with Crippen molar-refractivity contribution in [1.29, 1.82) is 0 Å². The van der Waals surface area contributed by atoms with Crippen molar-refractivity contribution in [2.75, 3.05) is 5.73 Å². The second-order valence-electron chi connectivity index (χ2n) is 3.03. The number of nitrogen functional groups attached to an aromatic ring is 1. The SMILES string of the molecule is Cc1c[nH]c2nc(=O)n(C)c(N)c12. The monoisotopic (exact) mass is 178 g/mol. The summed E-state index contributed by atoms with van der Waals surface area (Å²) in [6.07, 6.45) is 1.79. The van der Waals surface area contributed by atoms with Crippen LogP contribution in [0.3, 0.4) is 0 Å². The van der Waals surface area contributed by atoms with E-state index >= 15 is 0 Å². The van der Waals surface area contributed by atoms with Crippen molar-refractivity contribution in [1.82, 2.24) is 14.5 Å². The summed E-state index contributed by atoms with van der Waals surface area (Å²) in [7, 11) is 1.61. The Labute approximate surface area is 74.2 Å². The van der Waals surface area contributed by atoms with Crippen molar-refractivity contribution >= 4 is 16.9 Å². The van der Waals surface area contributed by atoms with Crippen LogP contribution in [0, 0.1) is 6.92 Å². The molecule has 0 fully saturated rings. The van der Waals surface area contributed by atoms with Crippen LogP contribution in [0.4, 0.5) is 5.82 Å². The first kappa shape index (κ1) is 7.85. The molecule has 2 aromatic heterocycles. The number of anilines is 1. The van der Waals surface area contributed by atoms with Crippen molar-refractivity contribution in [2.24, 2.45) is 7.05 Å². The van der Waals surface area contributed by atoms with Gasteiger partial charge in [0, 0.05) is 13.2 Å². The van der Waals surface area contributed by atoms with Crippen LogP contribution in [0.15, 0.2) is 11.0 Å². The highest BCUT2D eigenvalue weighted by atomic mass is 16.1. The summed E-state index contributed by atoms with van der Waals surface area (Å²) in [6, 6.07) is 0. The molecule has 0 bridgehead atoms. The molecule has 0 aliphatic carbocycles. The molecule has 3 N–H and O–H groups in total. The molecule has 5 nitrogen and oxygen atoms in total. The third-order valence-corrected chi connectivity index (χ3v) is 2.17. The highest BCUT2D eigenvalue weighted by Crippen LogP contribution is 2.19. The van der Waals surface area contributed by atoms with Gasteiger partial charge < -0.3 is 10.7 Å². The second kappa shape index (κ2) is 2.35. The molecule has 0 unspecified atom stereocenters. The van der Waals surface area contributed by atoms with Gasteiger partial charge in [0.15, 0.2) is 0 Å². The van der Waals surface area contributed by atoms with Gasteiger partial charge in [-0.25, -0.2) is 4.79 Å². The van der Waals surface area contributed by atoms with Crippen LogP contribution in [0.5, 0.6) is 0 Å². The molecule has 0 saturated carbocycles. The maximum absolute atomic E-state index is 11.2. The fourth-order valence-electron chi connectivity index (χ4n) is 1.36. The predicted molar refractivity (Wildman–Crippen MR) is 50.5 cm³/mol. The highest BCUT2D eigenvalue weighted by Gasteiger charge is 2.08. The Morgan fingerprint density at radius 3 is 3.00 bits per heavy atom. The van der Waals surface area contributed by atoms with E-state index < -0.39 is 0 Å². The average Bonchev–Trinajstić information content (AvgIpc) is 2.43. The summed E-state index contributed by atoms with van der Waals surface area (Å²) >= 11 is 0. The van der Waals surface area contributed by atoms with E-state index in [0.717, 1.165) is 10.9 Å². The van der Waals surface area contributed by atoms with E-state index in [2.05, 4.69) is 9.97 Å². The Hall–Kier alpha value is -1.78. The molecule has 0 aliphatic heterocycles. The summed E-state index contributed by atoms with van der Waals surface area (Å²) in [6.45, 7) is 1.92. The minimum absolute atomic E-state index is 0.341. The summed E-state index contributed by atoms with van der Waals surface area (Å²) < 4.78 is 1.34. The van der Waals surface area contributed by atoms with Crippen LogP contribution < -0.4 is 11.4 Å². The number of nitrogens with two attached hydrogens (primary N) is 1. The highest BCUT2D eigenvalue weighted by molar-refractivity contribution is 5.89. The molecule has 0 spiro atoms. The summed E-state index contributed by atoms with van der Waals surface area (Å²) in [5.41, 5.74) is 6.98. The molecule has 2 heterocycles. The van der Waals surface area contributed by atoms with Gasteiger partial charge in [0.05, 0.1) is 5.39 Å². The lowest BCUT2D eigenvalue weighted by atomic mass is 10.2. The van der Waals surface area contributed by atoms with Gasteiger partial charge in [-0.1, -0.05) is 0 Å². The zero-order chi connectivity index (χ0) is 9.59. The fourth-order valence-corrected chi connectivity index (χ4v) is 1.36. The standard InChI is InChI=1S/C8H10N4O/c1-4-3-10-7-5(4)6(9)12(2)8(13)11-7/h3H,9H2,1-2H3,(H,10,11,13). The molecule has 0 atom stereocenters. The van der Waals surface area contributed by atoms with Gasteiger partial charge in [-0.3, -0.25) is 4.57 Å². The van der Waals surface area contributed by atoms with Crippen LogP contribution in [0.2, 0.25) is 0 Å². The maximum atomic E-state index is 11.2. The van der Waals surface area contributed by atoms with E-state index in [1.54, 1.807) is 13.2 Å². The van der Waals surface area contributed by atoms with E-state index in [9.17, 15) is 4.79 Å². The third-order valence-electron chi connectivity index (χ3n) is 2.17. The Morgan fingerprint density at radius 2 is 2.31 bits per heavy atom. The third kappa shape index (κ3) is 0.932. The Morgan fingerprint density at radius 1 is 1.62 bits per heavy atom. The first-order chi connectivity index (χ1) is 6.11. The predicted octanol–water partition coefficient (Wildman–Crippen LogP) is 0.152. The second-order valence-corrected chi connectivity index (χ2v) is 3.03. The molecule has 0 saturated heterocycles. The minimum atomic E-state index is -0.341. The van der Waals surface area contributed by atoms with E-state index in [1.807, 2.05) is 6.92 Å². The molecule has 0 aromatic carbocycles. The minimum Gasteiger partial charge on any atom is -0.384 e. The van der Waals surface area contributed by atoms with Crippen molar-refractivity contribution in [3.05, 3.63) is 22.2 Å². The van der Waals surface area contributed by atoms with Gasteiger partial charge in [0.2, 0.25) is 0 Å². The number of nitrogens with zero attached hydrogens (tertiary/aromatic N) is 2. The average molecular weight is 178 g/mol. The lowest BCUT2D eigenvalue weighted by Crippen LogP contribution is -2.22. The number of aromatic amines is 1. The fraction of sp³-hybridized carbons (Fsp3) is 0.250. The van der Waals surface area contributed by atoms with Crippen LogP contribution in [0.25, 0.3) is 11.0 Å². The number of H-pyrrole nitrogens is 1. The van der Waals surface area contributed by atoms with Crippen LogP contribution in [0.1, 0.15) is 5.56 Å². The zero-order valence-corrected chi connectivity index (χ0v) is 7.46. The van der Waals surface area contributed by atoms with Gasteiger partial charge in [-0.15, -0.1) is 0 Å². The summed E-state index contributed by atoms with van der Waals surface area (Å²) in [5, 5.41) is 0.821. The first-order valence-corrected chi connectivity index (χ1v) is 3.91. The van der Waals surface area contributed by atoms with Gasteiger partial charge >= 0.3 is 5.69 Å². The molecule has 0 amide bonds. The maximum Gasteiger partial charge on any atom is 0.350 e. The number of aryl methyl sites for hydroxylation is 1. The molecule has 2 aromatic rings. The van der Waals surface area contributed by atoms with E-state index in [-0.39, 0.29) is 5.69 Å². The molecule has 68 valence electrons. The quantitative estimate of drug-likeness (QED) is 0.603. The van der Waals surface area contributed by atoms with Crippen LogP contribution in [-0.2, 0) is 7.05 Å². The van der Waals surface area contributed by atoms with E-state index in [1.165, 1.54) is 4.57 Å². The van der Waals surface area contributed by atoms with Crippen LogP contribution in [-0.4, -0.2) is 14.5 Å². The molecule has 13 heavy (non-hydrogen) atoms. The topological polar surface area (TPSA) is 76.7 Å². The number of fused-ring (bicyclic) bond motifs is 1. The summed E-state index contributed by atoms with van der Waals surface area (Å²) in [5.74, 6) is 0.453. The first-order valence-electron chi connectivity index (χ1n) is 3.91. The van der Waals surface area contributed by atoms with E-state index in [4.69, 9.17) is 5.73 Å². The summed E-state index contributed by atoms with van der Waals surface area (Å²) in [4.78, 5) is 17.9. The largest absolute Gasteiger partial charge is 0.384 e. The Kier molecular flexibility index (Phi) is 1.42. The lowest BCUT2D eigenvalue weighted by molar-refractivity contribution is 0.837. The zero-order valence-electron chi connectivity index (χ0n) is 7.46. The normalized spacial score (nSPS) is 10.9. The Balaban J connectivity index is 3.06. The number of hydrogen-bond acceptors (Lipinski definition) is 3. The molecule has 2 rings (SSSR count). The molecule has 0 aliphatic rings. The number of aromatic nitrogens is 3. The van der Waals surface area contributed by atoms with Crippen molar-refractivity contribution in [2.45, 2.75) is 6.92 Å². The Bertz CT molecular complexity index is 523. The number of rotatable bonds is 0. The lowest BCUT2D eigenvalue weighted by Gasteiger charge is -2.02. The number of hydrogen-bond donors (Lipinski definition) is 2. The molecule has 0 radical (unpaired) electrons. The number of nitrogens with one attached hydrogen (secondary N) is 1. The molecular formula is C8H10N4O. The smallest absolute Gasteiger partial charge is 0.350 e. The van der Waals surface area contributed by atoms with Gasteiger partial charge in [0.25, 0.3) is 0 Å². The van der Waals surface area contributed by atoms with Crippen molar-refractivity contribution < 1.29 is 0 Å². The van der Waals surface area contributed by atoms with Gasteiger partial charge in [-0.05, 0) is 12.5 Å². The van der Waals surface area contributed by atoms with Gasteiger partial charge in [-0.2, -0.15) is 4.98 Å². The van der Waals surface area contributed by atoms with Gasteiger partial charge in [0.1, 0.15) is 11.5 Å². The van der Waals surface area contributed by atoms with Crippen LogP contribution >= 0.6 is 0 Å². The van der Waals surface area contributed by atoms with Crippen molar-refractivity contribution in [3.8, 4) is 0 Å². The molecule has 5 heteroatoms. The van der Waals surface area contributed by atoms with E-state index in [0.29, 0.717) is 11.5 Å². The van der Waals surface area contributed by atoms with Crippen molar-refractivity contribution in [3.63, 3.8) is 0 Å². The molecular weight excluding hydrogens is 168 g/mol.